The lowest BCUT2D eigenvalue weighted by Crippen LogP contribution is -2.39. The molecule has 128 valence electrons. The van der Waals surface area contributed by atoms with Crippen LogP contribution >= 0.6 is 0 Å². The van der Waals surface area contributed by atoms with Crippen LogP contribution in [0.15, 0.2) is 42.2 Å². The van der Waals surface area contributed by atoms with Crippen molar-refractivity contribution in [1.82, 2.24) is 15.2 Å². The number of allylic oxidation sites excluding steroid dienone is 1. The smallest absolute Gasteiger partial charge is 0.193 e. The van der Waals surface area contributed by atoms with Crippen LogP contribution in [0.5, 0.6) is 5.75 Å². The van der Waals surface area contributed by atoms with Crippen molar-refractivity contribution in [1.29, 1.82) is 0 Å². The van der Waals surface area contributed by atoms with Gasteiger partial charge >= 0.3 is 0 Å². The van der Waals surface area contributed by atoms with Crippen molar-refractivity contribution in [3.8, 4) is 5.75 Å². The third kappa shape index (κ3) is 8.86. The van der Waals surface area contributed by atoms with E-state index < -0.39 is 0 Å². The number of hydrogen-bond acceptors (Lipinski definition) is 3. The molecule has 0 aliphatic heterocycles. The molecule has 0 aromatic carbocycles. The predicted octanol–water partition coefficient (Wildman–Crippen LogP) is 3.10. The minimum Gasteiger partial charge on any atom is -0.490 e. The summed E-state index contributed by atoms with van der Waals surface area (Å²) in [4.78, 5) is 10.8. The van der Waals surface area contributed by atoms with E-state index in [-0.39, 0.29) is 0 Å². The van der Waals surface area contributed by atoms with Crippen LogP contribution in [-0.2, 0) is 0 Å². The van der Waals surface area contributed by atoms with Crippen LogP contribution in [0.25, 0.3) is 0 Å². The van der Waals surface area contributed by atoms with Crippen LogP contribution in [0.2, 0.25) is 0 Å². The van der Waals surface area contributed by atoms with Gasteiger partial charge in [-0.3, -0.25) is 4.98 Å². The number of aliphatic imine (C=N–C) groups is 1. The molecule has 0 amide bonds. The van der Waals surface area contributed by atoms with E-state index >= 15 is 0 Å². The highest BCUT2D eigenvalue weighted by Crippen LogP contribution is 2.05. The van der Waals surface area contributed by atoms with Gasteiger partial charge in [0.1, 0.15) is 12.4 Å². The van der Waals surface area contributed by atoms with Crippen molar-refractivity contribution in [2.24, 2.45) is 4.99 Å². The number of hydrogen-bond donors (Lipinski definition) is 1. The Labute approximate surface area is 140 Å². The Kier molecular flexibility index (Phi) is 10.3. The summed E-state index contributed by atoms with van der Waals surface area (Å²) in [5.41, 5.74) is 0. The Morgan fingerprint density at radius 1 is 1.43 bits per heavy atom. The van der Waals surface area contributed by atoms with Gasteiger partial charge in [0.15, 0.2) is 5.96 Å². The van der Waals surface area contributed by atoms with Crippen molar-refractivity contribution in [3.05, 3.63) is 37.2 Å². The van der Waals surface area contributed by atoms with Crippen LogP contribution in [0, 0.1) is 0 Å². The first-order chi connectivity index (χ1) is 11.3. The van der Waals surface area contributed by atoms with E-state index in [2.05, 4.69) is 40.7 Å². The van der Waals surface area contributed by atoms with Crippen molar-refractivity contribution in [2.75, 3.05) is 33.3 Å². The van der Waals surface area contributed by atoms with Gasteiger partial charge in [0.05, 0.1) is 12.7 Å². The lowest BCUT2D eigenvalue weighted by molar-refractivity contribution is 0.326. The molecule has 0 saturated carbocycles. The molecule has 0 spiro atoms. The fraction of sp³-hybridized carbons (Fsp3) is 0.556. The summed E-state index contributed by atoms with van der Waals surface area (Å²) >= 11 is 0. The van der Waals surface area contributed by atoms with Gasteiger partial charge in [0.25, 0.3) is 0 Å². The number of ether oxygens (including phenoxy) is 1. The summed E-state index contributed by atoms with van der Waals surface area (Å²) in [6.07, 6.45) is 10.1. The molecule has 0 aliphatic rings. The second-order valence-corrected chi connectivity index (χ2v) is 5.33. The summed E-state index contributed by atoms with van der Waals surface area (Å²) in [5.74, 6) is 1.72. The lowest BCUT2D eigenvalue weighted by atomic mass is 10.2. The maximum Gasteiger partial charge on any atom is 0.193 e. The van der Waals surface area contributed by atoms with E-state index in [4.69, 9.17) is 4.74 Å². The molecular weight excluding hydrogens is 288 g/mol. The van der Waals surface area contributed by atoms with Crippen LogP contribution in [-0.4, -0.2) is 49.1 Å². The highest BCUT2D eigenvalue weighted by atomic mass is 16.5. The fourth-order valence-electron chi connectivity index (χ4n) is 2.14. The molecule has 0 bridgehead atoms. The van der Waals surface area contributed by atoms with Gasteiger partial charge in [-0.15, -0.1) is 6.58 Å². The second kappa shape index (κ2) is 12.5. The topological polar surface area (TPSA) is 49.8 Å². The van der Waals surface area contributed by atoms with Crippen molar-refractivity contribution in [3.63, 3.8) is 0 Å². The van der Waals surface area contributed by atoms with E-state index in [1.54, 1.807) is 12.4 Å². The Morgan fingerprint density at radius 2 is 2.30 bits per heavy atom. The quantitative estimate of drug-likeness (QED) is 0.295. The van der Waals surface area contributed by atoms with Crippen LogP contribution in [0.1, 0.15) is 32.6 Å². The molecule has 23 heavy (non-hydrogen) atoms. The largest absolute Gasteiger partial charge is 0.490 e. The van der Waals surface area contributed by atoms with Crippen LogP contribution in [0.3, 0.4) is 0 Å². The fourth-order valence-corrected chi connectivity index (χ4v) is 2.14. The van der Waals surface area contributed by atoms with Gasteiger partial charge in [-0.05, 0) is 38.3 Å². The SMILES string of the molecule is C=CCCCCCN(C)C(=NCCOc1cccnc1)NCC. The molecule has 1 aromatic heterocycles. The molecule has 0 atom stereocenters. The number of nitrogens with one attached hydrogen (secondary N) is 1. The molecule has 0 fully saturated rings. The van der Waals surface area contributed by atoms with E-state index in [0.29, 0.717) is 13.2 Å². The van der Waals surface area contributed by atoms with Gasteiger partial charge in [-0.2, -0.15) is 0 Å². The Balaban J connectivity index is 2.31. The summed E-state index contributed by atoms with van der Waals surface area (Å²) in [6.45, 7) is 8.88. The highest BCUT2D eigenvalue weighted by molar-refractivity contribution is 5.79. The van der Waals surface area contributed by atoms with E-state index in [0.717, 1.165) is 31.2 Å². The van der Waals surface area contributed by atoms with Crippen LogP contribution < -0.4 is 10.1 Å². The number of pyridine rings is 1. The zero-order valence-corrected chi connectivity index (χ0v) is 14.5. The predicted molar refractivity (Wildman–Crippen MR) is 97.0 cm³/mol. The summed E-state index contributed by atoms with van der Waals surface area (Å²) in [7, 11) is 2.08. The molecule has 0 saturated heterocycles. The molecular formula is C18H30N4O. The molecule has 5 heteroatoms. The highest BCUT2D eigenvalue weighted by Gasteiger charge is 2.04. The van der Waals surface area contributed by atoms with Crippen molar-refractivity contribution >= 4 is 5.96 Å². The second-order valence-electron chi connectivity index (χ2n) is 5.33. The molecule has 1 heterocycles. The Bertz CT molecular complexity index is 448. The first kappa shape index (κ1) is 19.0. The molecule has 1 aromatic rings. The minimum absolute atomic E-state index is 0.549. The van der Waals surface area contributed by atoms with E-state index in [1.807, 2.05) is 18.2 Å². The number of guanidine groups is 1. The van der Waals surface area contributed by atoms with Crippen LogP contribution in [0.4, 0.5) is 0 Å². The molecule has 0 radical (unpaired) electrons. The van der Waals surface area contributed by atoms with Gasteiger partial charge in [0, 0.05) is 26.3 Å². The number of aromatic nitrogens is 1. The Morgan fingerprint density at radius 3 is 3.00 bits per heavy atom. The summed E-state index contributed by atoms with van der Waals surface area (Å²) in [6, 6.07) is 3.76. The summed E-state index contributed by atoms with van der Waals surface area (Å²) in [5, 5.41) is 3.32. The van der Waals surface area contributed by atoms with E-state index in [9.17, 15) is 0 Å². The van der Waals surface area contributed by atoms with Crippen molar-refractivity contribution < 1.29 is 4.74 Å². The Hall–Kier alpha value is -2.04. The minimum atomic E-state index is 0.549. The third-order valence-corrected chi connectivity index (χ3v) is 3.35. The maximum atomic E-state index is 5.61. The van der Waals surface area contributed by atoms with Crippen molar-refractivity contribution in [2.45, 2.75) is 32.6 Å². The van der Waals surface area contributed by atoms with Gasteiger partial charge < -0.3 is 15.0 Å². The number of unbranched alkanes of at least 4 members (excludes halogenated alkanes) is 3. The number of rotatable bonds is 11. The third-order valence-electron chi connectivity index (χ3n) is 3.35. The monoisotopic (exact) mass is 318 g/mol. The van der Waals surface area contributed by atoms with Gasteiger partial charge in [0.2, 0.25) is 0 Å². The lowest BCUT2D eigenvalue weighted by Gasteiger charge is -2.22. The van der Waals surface area contributed by atoms with E-state index in [1.165, 1.54) is 19.3 Å². The van der Waals surface area contributed by atoms with Gasteiger partial charge in [-0.25, -0.2) is 4.99 Å². The molecule has 0 unspecified atom stereocenters. The first-order valence-electron chi connectivity index (χ1n) is 8.41. The first-order valence-corrected chi connectivity index (χ1v) is 8.41. The van der Waals surface area contributed by atoms with Gasteiger partial charge in [-0.1, -0.05) is 12.5 Å². The normalized spacial score (nSPS) is 11.1. The molecule has 1 rings (SSSR count). The standard InChI is InChI=1S/C18H30N4O/c1-4-6-7-8-9-14-22(3)18(20-5-2)21-13-15-23-17-11-10-12-19-16-17/h4,10-12,16H,1,5-9,13-15H2,2-3H3,(H,20,21). The summed E-state index contributed by atoms with van der Waals surface area (Å²) < 4.78 is 5.61. The zero-order chi connectivity index (χ0) is 16.8. The molecule has 1 N–H and O–H groups in total. The molecule has 0 aliphatic carbocycles. The zero-order valence-electron chi connectivity index (χ0n) is 14.5. The average molecular weight is 318 g/mol. The molecule has 5 nitrogen and oxygen atoms in total. The number of nitrogens with zero attached hydrogens (tertiary/aromatic N) is 3. The maximum absolute atomic E-state index is 5.61. The average Bonchev–Trinajstić information content (AvgIpc) is 2.58.